The van der Waals surface area contributed by atoms with Crippen LogP contribution in [0, 0.1) is 0 Å². The van der Waals surface area contributed by atoms with Gasteiger partial charge in [0.25, 0.3) is 0 Å². The van der Waals surface area contributed by atoms with Crippen molar-refractivity contribution >= 4 is 22.5 Å². The Bertz CT molecular complexity index is 958. The van der Waals surface area contributed by atoms with Crippen LogP contribution in [0.25, 0.3) is 22.6 Å². The molecule has 0 saturated carbocycles. The van der Waals surface area contributed by atoms with Gasteiger partial charge < -0.3 is 14.5 Å². The normalized spacial score (nSPS) is 11.2. The maximum atomic E-state index is 5.40. The first-order valence-electron chi connectivity index (χ1n) is 7.87. The molecule has 4 aromatic heterocycles. The molecule has 0 aliphatic heterocycles. The van der Waals surface area contributed by atoms with Crippen molar-refractivity contribution < 1.29 is 9.15 Å². The van der Waals surface area contributed by atoms with E-state index >= 15 is 0 Å². The molecule has 128 valence electrons. The first-order valence-corrected chi connectivity index (χ1v) is 7.87. The number of fused-ring (bicyclic) bond motifs is 1. The minimum Gasteiger partial charge on any atom is -0.461 e. The lowest BCUT2D eigenvalue weighted by molar-refractivity contribution is 0.189. The maximum absolute atomic E-state index is 5.40. The highest BCUT2D eigenvalue weighted by molar-refractivity contribution is 5.88. The fraction of sp³-hybridized carbons (Fsp3) is 0.250. The van der Waals surface area contributed by atoms with Crippen molar-refractivity contribution in [2.45, 2.75) is 13.0 Å². The minimum absolute atomic E-state index is 0.494. The molecule has 9 heteroatoms. The van der Waals surface area contributed by atoms with Crippen molar-refractivity contribution in [3.8, 4) is 11.6 Å². The van der Waals surface area contributed by atoms with Gasteiger partial charge in [-0.25, -0.2) is 9.97 Å². The van der Waals surface area contributed by atoms with Crippen molar-refractivity contribution in [2.75, 3.05) is 19.0 Å². The largest absolute Gasteiger partial charge is 0.461 e. The monoisotopic (exact) mass is 339 g/mol. The molecule has 0 radical (unpaired) electrons. The Balaban J connectivity index is 1.61. The van der Waals surface area contributed by atoms with Gasteiger partial charge in [-0.2, -0.15) is 10.2 Å². The molecular weight excluding hydrogens is 322 g/mol. The van der Waals surface area contributed by atoms with Crippen LogP contribution in [0.2, 0.25) is 0 Å². The fourth-order valence-electron chi connectivity index (χ4n) is 2.50. The highest BCUT2D eigenvalue weighted by atomic mass is 16.5. The second kappa shape index (κ2) is 6.73. The van der Waals surface area contributed by atoms with Gasteiger partial charge in [0.2, 0.25) is 0 Å². The van der Waals surface area contributed by atoms with Crippen LogP contribution in [0.3, 0.4) is 0 Å². The first kappa shape index (κ1) is 15.3. The first-order chi connectivity index (χ1) is 12.3. The molecule has 4 rings (SSSR count). The van der Waals surface area contributed by atoms with Crippen LogP contribution in [0.15, 0.2) is 41.4 Å². The van der Waals surface area contributed by atoms with E-state index in [1.807, 2.05) is 16.9 Å². The van der Waals surface area contributed by atoms with Gasteiger partial charge in [-0.1, -0.05) is 0 Å². The number of aromatic amines is 1. The van der Waals surface area contributed by atoms with Gasteiger partial charge in [0.1, 0.15) is 11.0 Å². The predicted molar refractivity (Wildman–Crippen MR) is 91.4 cm³/mol. The predicted octanol–water partition coefficient (Wildman–Crippen LogP) is 2.59. The summed E-state index contributed by atoms with van der Waals surface area (Å²) < 4.78 is 12.3. The van der Waals surface area contributed by atoms with Crippen LogP contribution < -0.4 is 5.32 Å². The second-order valence-corrected chi connectivity index (χ2v) is 5.47. The molecule has 0 fully saturated rings. The Morgan fingerprint density at radius 2 is 2.28 bits per heavy atom. The van der Waals surface area contributed by atoms with E-state index in [2.05, 4.69) is 30.6 Å². The van der Waals surface area contributed by atoms with E-state index < -0.39 is 0 Å². The van der Waals surface area contributed by atoms with Gasteiger partial charge in [-0.3, -0.25) is 9.78 Å². The Hall–Kier alpha value is -3.20. The van der Waals surface area contributed by atoms with Gasteiger partial charge in [0.05, 0.1) is 24.3 Å². The third-order valence-corrected chi connectivity index (χ3v) is 3.67. The number of aromatic nitrogens is 6. The SMILES string of the molecule is COCCCn1cc(Nc2nc(-c3ccco3)nc3cn[nH]c23)cn1. The van der Waals surface area contributed by atoms with E-state index in [4.69, 9.17) is 9.15 Å². The van der Waals surface area contributed by atoms with E-state index in [0.29, 0.717) is 29.5 Å². The summed E-state index contributed by atoms with van der Waals surface area (Å²) in [6, 6.07) is 3.62. The standard InChI is InChI=1S/C16H17N7O2/c1-24-6-3-5-23-10-11(8-18-23)19-16-14-12(9-17-22-14)20-15(21-16)13-4-2-7-25-13/h2,4,7-10H,3,5-6H2,1H3,(H,17,22)(H,19,20,21). The summed E-state index contributed by atoms with van der Waals surface area (Å²) in [6.07, 6.45) is 7.83. The molecule has 0 aromatic carbocycles. The van der Waals surface area contributed by atoms with E-state index in [0.717, 1.165) is 24.2 Å². The quantitative estimate of drug-likeness (QED) is 0.498. The molecule has 2 N–H and O–H groups in total. The lowest BCUT2D eigenvalue weighted by atomic mass is 10.3. The molecule has 9 nitrogen and oxygen atoms in total. The molecule has 4 aromatic rings. The number of nitrogens with zero attached hydrogens (tertiary/aromatic N) is 5. The second-order valence-electron chi connectivity index (χ2n) is 5.47. The van der Waals surface area contributed by atoms with Crippen LogP contribution in [0.1, 0.15) is 6.42 Å². The zero-order valence-electron chi connectivity index (χ0n) is 13.6. The summed E-state index contributed by atoms with van der Waals surface area (Å²) in [7, 11) is 1.69. The lowest BCUT2D eigenvalue weighted by Gasteiger charge is -2.05. The van der Waals surface area contributed by atoms with Crippen molar-refractivity contribution in [2.24, 2.45) is 0 Å². The third-order valence-electron chi connectivity index (χ3n) is 3.67. The highest BCUT2D eigenvalue weighted by Crippen LogP contribution is 2.25. The van der Waals surface area contributed by atoms with E-state index in [1.54, 1.807) is 31.8 Å². The fourth-order valence-corrected chi connectivity index (χ4v) is 2.50. The molecule has 0 aliphatic carbocycles. The number of H-pyrrole nitrogens is 1. The number of hydrogen-bond donors (Lipinski definition) is 2. The van der Waals surface area contributed by atoms with Crippen LogP contribution in [-0.2, 0) is 11.3 Å². The number of aryl methyl sites for hydroxylation is 1. The number of ether oxygens (including phenoxy) is 1. The molecule has 0 spiro atoms. The van der Waals surface area contributed by atoms with Gasteiger partial charge >= 0.3 is 0 Å². The molecule has 0 atom stereocenters. The number of nitrogens with one attached hydrogen (secondary N) is 2. The topological polar surface area (TPSA) is 107 Å². The molecule has 0 bridgehead atoms. The summed E-state index contributed by atoms with van der Waals surface area (Å²) in [4.78, 5) is 9.01. The van der Waals surface area contributed by atoms with Gasteiger partial charge in [-0.15, -0.1) is 0 Å². The van der Waals surface area contributed by atoms with Crippen LogP contribution in [0.4, 0.5) is 11.5 Å². The maximum Gasteiger partial charge on any atom is 0.198 e. The minimum atomic E-state index is 0.494. The highest BCUT2D eigenvalue weighted by Gasteiger charge is 2.13. The van der Waals surface area contributed by atoms with Crippen LogP contribution >= 0.6 is 0 Å². The lowest BCUT2D eigenvalue weighted by Crippen LogP contribution is -2.01. The smallest absolute Gasteiger partial charge is 0.198 e. The Morgan fingerprint density at radius 3 is 3.12 bits per heavy atom. The summed E-state index contributed by atoms with van der Waals surface area (Å²) in [5.74, 6) is 1.71. The summed E-state index contributed by atoms with van der Waals surface area (Å²) in [5, 5.41) is 14.6. The van der Waals surface area contributed by atoms with Gasteiger partial charge in [0.15, 0.2) is 17.4 Å². The molecule has 0 saturated heterocycles. The van der Waals surface area contributed by atoms with Crippen molar-refractivity contribution in [3.63, 3.8) is 0 Å². The molecule has 0 unspecified atom stereocenters. The Kier molecular flexibility index (Phi) is 4.13. The van der Waals surface area contributed by atoms with Crippen molar-refractivity contribution in [1.29, 1.82) is 0 Å². The number of methoxy groups -OCH3 is 1. The van der Waals surface area contributed by atoms with Crippen LogP contribution in [0.5, 0.6) is 0 Å². The summed E-state index contributed by atoms with van der Waals surface area (Å²) in [5.41, 5.74) is 2.26. The van der Waals surface area contributed by atoms with Crippen molar-refractivity contribution in [1.82, 2.24) is 29.9 Å². The average Bonchev–Trinajstić information content (AvgIpc) is 3.36. The summed E-state index contributed by atoms with van der Waals surface area (Å²) in [6.45, 7) is 1.49. The van der Waals surface area contributed by atoms with Gasteiger partial charge in [0, 0.05) is 26.5 Å². The zero-order chi connectivity index (χ0) is 17.1. The van der Waals surface area contributed by atoms with E-state index in [-0.39, 0.29) is 0 Å². The molecule has 25 heavy (non-hydrogen) atoms. The third kappa shape index (κ3) is 3.22. The molecule has 0 aliphatic rings. The van der Waals surface area contributed by atoms with E-state index in [9.17, 15) is 0 Å². The number of furan rings is 1. The molecular formula is C16H17N7O2. The number of hydrogen-bond acceptors (Lipinski definition) is 7. The van der Waals surface area contributed by atoms with Crippen molar-refractivity contribution in [3.05, 3.63) is 37.0 Å². The van der Waals surface area contributed by atoms with E-state index in [1.165, 1.54) is 0 Å². The number of anilines is 2. The molecule has 0 amide bonds. The number of rotatable bonds is 7. The van der Waals surface area contributed by atoms with Gasteiger partial charge in [-0.05, 0) is 18.6 Å². The van der Waals surface area contributed by atoms with Crippen LogP contribution in [-0.4, -0.2) is 43.7 Å². The zero-order valence-corrected chi connectivity index (χ0v) is 13.6. The molecule has 4 heterocycles. The Labute approximate surface area is 143 Å². The summed E-state index contributed by atoms with van der Waals surface area (Å²) >= 11 is 0. The average molecular weight is 339 g/mol. The Morgan fingerprint density at radius 1 is 1.32 bits per heavy atom.